The zero-order valence-corrected chi connectivity index (χ0v) is 19.6. The van der Waals surface area contributed by atoms with Gasteiger partial charge in [-0.2, -0.15) is 16.8 Å². The zero-order valence-electron chi connectivity index (χ0n) is 17.2. The van der Waals surface area contributed by atoms with Gasteiger partial charge >= 0.3 is 5.97 Å². The summed E-state index contributed by atoms with van der Waals surface area (Å²) < 4.78 is 32.7. The lowest BCUT2D eigenvalue weighted by Gasteiger charge is -2.28. The van der Waals surface area contributed by atoms with Gasteiger partial charge in [0.1, 0.15) is 0 Å². The van der Waals surface area contributed by atoms with Crippen LogP contribution in [0.3, 0.4) is 0 Å². The number of hydrogen-bond donors (Lipinski definition) is 0. The average molecular weight is 472 g/mol. The highest BCUT2D eigenvalue weighted by atomic mass is 32.2. The summed E-state index contributed by atoms with van der Waals surface area (Å²) in [5.74, 6) is -0.324. The van der Waals surface area contributed by atoms with E-state index in [9.17, 15) is 18.0 Å². The highest BCUT2D eigenvalue weighted by Gasteiger charge is 2.30. The van der Waals surface area contributed by atoms with Gasteiger partial charge in [-0.15, -0.1) is 0 Å². The van der Waals surface area contributed by atoms with E-state index in [2.05, 4.69) is 4.99 Å². The molecule has 2 aromatic rings. The third-order valence-electron chi connectivity index (χ3n) is 5.03. The van der Waals surface area contributed by atoms with E-state index in [0.29, 0.717) is 36.3 Å². The molecule has 1 aliphatic heterocycles. The van der Waals surface area contributed by atoms with Crippen molar-refractivity contribution in [1.82, 2.24) is 8.87 Å². The Bertz CT molecular complexity index is 1120. The SMILES string of the molecule is COC(=O)c1ccc2c(c1)sc(=NC(=O)C1CCCN(S(C)(=O)=O)C1)n2CCSC. The van der Waals surface area contributed by atoms with Gasteiger partial charge in [0, 0.05) is 25.4 Å². The van der Waals surface area contributed by atoms with Gasteiger partial charge in [-0.3, -0.25) is 4.79 Å². The lowest BCUT2D eigenvalue weighted by molar-refractivity contribution is -0.122. The van der Waals surface area contributed by atoms with Crippen molar-refractivity contribution in [3.8, 4) is 0 Å². The fourth-order valence-corrected chi connectivity index (χ4v) is 5.81. The van der Waals surface area contributed by atoms with Gasteiger partial charge in [0.25, 0.3) is 5.91 Å². The lowest BCUT2D eigenvalue weighted by atomic mass is 9.99. The maximum atomic E-state index is 12.9. The summed E-state index contributed by atoms with van der Waals surface area (Å²) in [5, 5.41) is 0. The van der Waals surface area contributed by atoms with Crippen LogP contribution in [-0.4, -0.2) is 67.6 Å². The van der Waals surface area contributed by atoms with Crippen LogP contribution < -0.4 is 4.80 Å². The van der Waals surface area contributed by atoms with Crippen LogP contribution in [0.15, 0.2) is 23.2 Å². The second-order valence-electron chi connectivity index (χ2n) is 7.11. The van der Waals surface area contributed by atoms with E-state index in [4.69, 9.17) is 4.74 Å². The molecule has 1 amide bonds. The normalized spacial score (nSPS) is 18.6. The summed E-state index contributed by atoms with van der Waals surface area (Å²) in [5.41, 5.74) is 1.34. The first-order valence-corrected chi connectivity index (χ1v) is 13.5. The van der Waals surface area contributed by atoms with E-state index in [0.717, 1.165) is 22.2 Å². The minimum Gasteiger partial charge on any atom is -0.465 e. The van der Waals surface area contributed by atoms with Gasteiger partial charge in [-0.05, 0) is 37.3 Å². The number of thioether (sulfide) groups is 1. The molecule has 1 aromatic heterocycles. The van der Waals surface area contributed by atoms with Crippen LogP contribution >= 0.6 is 23.1 Å². The van der Waals surface area contributed by atoms with Gasteiger partial charge in [0.2, 0.25) is 10.0 Å². The number of rotatable bonds is 6. The number of methoxy groups -OCH3 is 1. The van der Waals surface area contributed by atoms with Gasteiger partial charge in [-0.1, -0.05) is 11.3 Å². The van der Waals surface area contributed by atoms with Crippen molar-refractivity contribution < 1.29 is 22.7 Å². The van der Waals surface area contributed by atoms with E-state index < -0.39 is 21.9 Å². The molecule has 0 radical (unpaired) electrons. The lowest BCUT2D eigenvalue weighted by Crippen LogP contribution is -2.41. The van der Waals surface area contributed by atoms with Crippen LogP contribution in [-0.2, 0) is 26.1 Å². The van der Waals surface area contributed by atoms with Gasteiger partial charge in [0.05, 0.1) is 35.1 Å². The van der Waals surface area contributed by atoms with Gasteiger partial charge in [-0.25, -0.2) is 17.5 Å². The fourth-order valence-electron chi connectivity index (χ4n) is 3.43. The molecule has 0 bridgehead atoms. The van der Waals surface area contributed by atoms with E-state index in [-0.39, 0.29) is 12.5 Å². The number of carbonyl (C=O) groups excluding carboxylic acids is 2. The molecule has 1 fully saturated rings. The van der Waals surface area contributed by atoms with Crippen molar-refractivity contribution in [2.75, 3.05) is 38.5 Å². The predicted octanol–water partition coefficient (Wildman–Crippen LogP) is 1.95. The minimum absolute atomic E-state index is 0.170. The van der Waals surface area contributed by atoms with Crippen LogP contribution in [0, 0.1) is 5.92 Å². The van der Waals surface area contributed by atoms with Crippen molar-refractivity contribution in [2.24, 2.45) is 10.9 Å². The molecule has 30 heavy (non-hydrogen) atoms. The summed E-state index contributed by atoms with van der Waals surface area (Å²) in [6.07, 6.45) is 4.43. The summed E-state index contributed by atoms with van der Waals surface area (Å²) in [6.45, 7) is 1.28. The highest BCUT2D eigenvalue weighted by molar-refractivity contribution is 7.98. The molecule has 3 rings (SSSR count). The van der Waals surface area contributed by atoms with Crippen LogP contribution in [0.5, 0.6) is 0 Å². The summed E-state index contributed by atoms with van der Waals surface area (Å²) >= 11 is 3.03. The number of ether oxygens (including phenoxy) is 1. The first kappa shape index (κ1) is 23.0. The number of amides is 1. The van der Waals surface area contributed by atoms with E-state index in [1.807, 2.05) is 16.9 Å². The maximum Gasteiger partial charge on any atom is 0.337 e. The van der Waals surface area contributed by atoms with Crippen molar-refractivity contribution in [3.63, 3.8) is 0 Å². The number of aryl methyl sites for hydroxylation is 1. The molecule has 2 heterocycles. The number of esters is 1. The second-order valence-corrected chi connectivity index (χ2v) is 11.1. The van der Waals surface area contributed by atoms with Crippen LogP contribution in [0.4, 0.5) is 0 Å². The number of thiazole rings is 1. The molecule has 0 spiro atoms. The number of aromatic nitrogens is 1. The number of fused-ring (bicyclic) bond motifs is 1. The van der Waals surface area contributed by atoms with E-state index in [1.165, 1.54) is 22.8 Å². The summed E-state index contributed by atoms with van der Waals surface area (Å²) in [6, 6.07) is 5.29. The third kappa shape index (κ3) is 5.13. The number of carbonyl (C=O) groups is 2. The quantitative estimate of drug-likeness (QED) is 0.598. The molecular weight excluding hydrogens is 446 g/mol. The van der Waals surface area contributed by atoms with Crippen molar-refractivity contribution in [2.45, 2.75) is 19.4 Å². The molecule has 0 saturated carbocycles. The molecule has 164 valence electrons. The Balaban J connectivity index is 1.99. The number of piperidine rings is 1. The minimum atomic E-state index is -3.33. The Hall–Kier alpha value is -1.69. The van der Waals surface area contributed by atoms with Crippen LogP contribution in [0.2, 0.25) is 0 Å². The molecule has 8 nitrogen and oxygen atoms in total. The van der Waals surface area contributed by atoms with E-state index >= 15 is 0 Å². The van der Waals surface area contributed by atoms with Gasteiger partial charge in [0.15, 0.2) is 4.80 Å². The van der Waals surface area contributed by atoms with Crippen molar-refractivity contribution in [3.05, 3.63) is 28.6 Å². The first-order chi connectivity index (χ1) is 14.2. The smallest absolute Gasteiger partial charge is 0.337 e. The number of benzene rings is 1. The Morgan fingerprint density at radius 3 is 2.80 bits per heavy atom. The average Bonchev–Trinajstić information content (AvgIpc) is 3.07. The molecule has 1 aliphatic rings. The fraction of sp³-hybridized carbons (Fsp3) is 0.526. The largest absolute Gasteiger partial charge is 0.465 e. The zero-order chi connectivity index (χ0) is 21.9. The Kier molecular flexibility index (Phi) is 7.38. The molecule has 0 N–H and O–H groups in total. The molecule has 11 heteroatoms. The van der Waals surface area contributed by atoms with Crippen LogP contribution in [0.25, 0.3) is 10.2 Å². The monoisotopic (exact) mass is 471 g/mol. The van der Waals surface area contributed by atoms with Crippen LogP contribution in [0.1, 0.15) is 23.2 Å². The van der Waals surface area contributed by atoms with E-state index in [1.54, 1.807) is 23.9 Å². The topological polar surface area (TPSA) is 98.0 Å². The third-order valence-corrected chi connectivity index (χ3v) is 7.93. The molecule has 1 aromatic carbocycles. The first-order valence-electron chi connectivity index (χ1n) is 9.49. The van der Waals surface area contributed by atoms with Crippen molar-refractivity contribution >= 4 is 55.2 Å². The summed E-state index contributed by atoms with van der Waals surface area (Å²) in [4.78, 5) is 29.7. The predicted molar refractivity (Wildman–Crippen MR) is 119 cm³/mol. The molecule has 0 aliphatic carbocycles. The Morgan fingerprint density at radius 1 is 1.37 bits per heavy atom. The number of sulfonamides is 1. The Labute approximate surface area is 184 Å². The molecule has 1 saturated heterocycles. The standard InChI is InChI=1S/C19H25N3O5S3/c1-27-18(24)13-6-7-15-16(11-13)29-19(22(15)9-10-28-2)20-17(23)14-5-4-8-21(12-14)30(3,25)26/h6-7,11,14H,4-5,8-10,12H2,1-3H3. The van der Waals surface area contributed by atoms with Gasteiger partial charge < -0.3 is 9.30 Å². The Morgan fingerprint density at radius 2 is 2.13 bits per heavy atom. The number of hydrogen-bond acceptors (Lipinski definition) is 7. The highest BCUT2D eigenvalue weighted by Crippen LogP contribution is 2.22. The molecule has 1 atom stereocenters. The number of nitrogens with zero attached hydrogens (tertiary/aromatic N) is 3. The molecular formula is C19H25N3O5S3. The second kappa shape index (κ2) is 9.63. The maximum absolute atomic E-state index is 12.9. The summed E-state index contributed by atoms with van der Waals surface area (Å²) in [7, 11) is -1.99. The van der Waals surface area contributed by atoms with Crippen molar-refractivity contribution in [1.29, 1.82) is 0 Å². The molecule has 1 unspecified atom stereocenters.